The molecule has 0 fully saturated rings. The van der Waals surface area contributed by atoms with Crippen LogP contribution in [0.1, 0.15) is 13.3 Å². The molecule has 0 amide bonds. The van der Waals surface area contributed by atoms with Gasteiger partial charge in [0.25, 0.3) is 0 Å². The second-order valence-electron chi connectivity index (χ2n) is 2.84. The van der Waals surface area contributed by atoms with Gasteiger partial charge in [0.1, 0.15) is 12.1 Å². The van der Waals surface area contributed by atoms with Crippen molar-refractivity contribution in [1.82, 2.24) is 9.97 Å². The fourth-order valence-electron chi connectivity index (χ4n) is 0.974. The molecule has 0 bridgehead atoms. The fraction of sp³-hybridized carbons (Fsp3) is 0.500. The largest absolute Gasteiger partial charge is 0.367 e. The minimum atomic E-state index is 0.330. The summed E-state index contributed by atoms with van der Waals surface area (Å²) in [5.74, 6) is 0.816. The third-order valence-electron chi connectivity index (χ3n) is 1.65. The van der Waals surface area contributed by atoms with E-state index >= 15 is 0 Å². The summed E-state index contributed by atoms with van der Waals surface area (Å²) in [6.07, 6.45) is 4.16. The summed E-state index contributed by atoms with van der Waals surface area (Å²) in [4.78, 5) is 7.97. The van der Waals surface area contributed by atoms with Crippen LogP contribution in [-0.4, -0.2) is 22.6 Å². The molecule has 5 heteroatoms. The zero-order valence-electron chi connectivity index (χ0n) is 7.50. The van der Waals surface area contributed by atoms with Gasteiger partial charge in [-0.05, 0) is 35.8 Å². The van der Waals surface area contributed by atoms with E-state index in [2.05, 4.69) is 38.1 Å². The van der Waals surface area contributed by atoms with Crippen LogP contribution in [0.25, 0.3) is 0 Å². The van der Waals surface area contributed by atoms with Gasteiger partial charge in [0.2, 0.25) is 0 Å². The van der Waals surface area contributed by atoms with Crippen molar-refractivity contribution in [1.29, 1.82) is 0 Å². The molecule has 1 atom stereocenters. The minimum Gasteiger partial charge on any atom is -0.367 e. The first kappa shape index (κ1) is 10.4. The number of aromatic nitrogens is 2. The number of rotatable bonds is 4. The lowest BCUT2D eigenvalue weighted by Crippen LogP contribution is -2.20. The molecular weight excluding hydrogens is 232 g/mol. The standard InChI is InChI=1S/C8H13BrN4/c1-6(2-3-10)13-8-7(9)4-11-5-12-8/h4-6H,2-3,10H2,1H3,(H,11,12,13). The number of anilines is 1. The van der Waals surface area contributed by atoms with E-state index in [4.69, 9.17) is 5.73 Å². The Morgan fingerprint density at radius 3 is 3.08 bits per heavy atom. The van der Waals surface area contributed by atoms with Gasteiger partial charge in [-0.3, -0.25) is 0 Å². The van der Waals surface area contributed by atoms with E-state index in [0.717, 1.165) is 16.7 Å². The molecule has 1 aromatic heterocycles. The van der Waals surface area contributed by atoms with Gasteiger partial charge >= 0.3 is 0 Å². The normalized spacial score (nSPS) is 12.5. The summed E-state index contributed by atoms with van der Waals surface area (Å²) in [5.41, 5.74) is 5.44. The van der Waals surface area contributed by atoms with Gasteiger partial charge in [-0.25, -0.2) is 9.97 Å². The summed E-state index contributed by atoms with van der Waals surface area (Å²) in [6.45, 7) is 2.75. The lowest BCUT2D eigenvalue weighted by Gasteiger charge is -2.13. The van der Waals surface area contributed by atoms with E-state index < -0.39 is 0 Å². The molecule has 1 rings (SSSR count). The predicted molar refractivity (Wildman–Crippen MR) is 56.5 cm³/mol. The summed E-state index contributed by atoms with van der Waals surface area (Å²) in [6, 6.07) is 0.330. The molecule has 1 unspecified atom stereocenters. The highest BCUT2D eigenvalue weighted by Gasteiger charge is 2.04. The van der Waals surface area contributed by atoms with Crippen molar-refractivity contribution >= 4 is 21.7 Å². The molecule has 3 N–H and O–H groups in total. The average molecular weight is 245 g/mol. The highest BCUT2D eigenvalue weighted by molar-refractivity contribution is 9.10. The van der Waals surface area contributed by atoms with Crippen LogP contribution >= 0.6 is 15.9 Å². The Morgan fingerprint density at radius 2 is 2.46 bits per heavy atom. The average Bonchev–Trinajstić information content (AvgIpc) is 2.09. The van der Waals surface area contributed by atoms with Crippen LogP contribution in [0.15, 0.2) is 17.0 Å². The van der Waals surface area contributed by atoms with Gasteiger partial charge < -0.3 is 11.1 Å². The lowest BCUT2D eigenvalue weighted by atomic mass is 10.2. The molecule has 1 aromatic rings. The highest BCUT2D eigenvalue weighted by Crippen LogP contribution is 2.18. The topological polar surface area (TPSA) is 63.8 Å². The zero-order valence-corrected chi connectivity index (χ0v) is 9.08. The van der Waals surface area contributed by atoms with Crippen molar-refractivity contribution in [2.24, 2.45) is 5.73 Å². The maximum Gasteiger partial charge on any atom is 0.143 e. The molecule has 72 valence electrons. The molecule has 0 aliphatic carbocycles. The van der Waals surface area contributed by atoms with Crippen LogP contribution in [-0.2, 0) is 0 Å². The number of nitrogens with two attached hydrogens (primary N) is 1. The highest BCUT2D eigenvalue weighted by atomic mass is 79.9. The molecule has 4 nitrogen and oxygen atoms in total. The van der Waals surface area contributed by atoms with Gasteiger partial charge in [0.15, 0.2) is 0 Å². The van der Waals surface area contributed by atoms with Crippen LogP contribution in [0, 0.1) is 0 Å². The number of nitrogens with one attached hydrogen (secondary N) is 1. The third-order valence-corrected chi connectivity index (χ3v) is 2.23. The Bertz CT molecular complexity index is 266. The first-order valence-electron chi connectivity index (χ1n) is 4.16. The summed E-state index contributed by atoms with van der Waals surface area (Å²) in [5, 5.41) is 3.23. The number of nitrogens with zero attached hydrogens (tertiary/aromatic N) is 2. The van der Waals surface area contributed by atoms with E-state index in [9.17, 15) is 0 Å². The van der Waals surface area contributed by atoms with Gasteiger partial charge in [-0.15, -0.1) is 0 Å². The molecule has 0 spiro atoms. The van der Waals surface area contributed by atoms with Crippen LogP contribution < -0.4 is 11.1 Å². The molecule has 0 aliphatic rings. The molecule has 0 radical (unpaired) electrons. The maximum absolute atomic E-state index is 5.44. The van der Waals surface area contributed by atoms with E-state index in [1.54, 1.807) is 6.20 Å². The van der Waals surface area contributed by atoms with Crippen LogP contribution in [0.2, 0.25) is 0 Å². The van der Waals surface area contributed by atoms with Gasteiger partial charge in [0, 0.05) is 12.2 Å². The van der Waals surface area contributed by atoms with Crippen molar-refractivity contribution in [2.75, 3.05) is 11.9 Å². The van der Waals surface area contributed by atoms with Crippen molar-refractivity contribution in [3.05, 3.63) is 17.0 Å². The van der Waals surface area contributed by atoms with Crippen LogP contribution in [0.4, 0.5) is 5.82 Å². The van der Waals surface area contributed by atoms with Crippen molar-refractivity contribution < 1.29 is 0 Å². The van der Waals surface area contributed by atoms with Gasteiger partial charge in [0.05, 0.1) is 4.47 Å². The van der Waals surface area contributed by atoms with Crippen molar-refractivity contribution in [2.45, 2.75) is 19.4 Å². The number of halogens is 1. The smallest absolute Gasteiger partial charge is 0.143 e. The molecule has 0 saturated carbocycles. The molecule has 1 heterocycles. The first-order chi connectivity index (χ1) is 6.24. The van der Waals surface area contributed by atoms with E-state index in [0.29, 0.717) is 12.6 Å². The Balaban J connectivity index is 2.58. The van der Waals surface area contributed by atoms with E-state index in [-0.39, 0.29) is 0 Å². The molecule has 13 heavy (non-hydrogen) atoms. The van der Waals surface area contributed by atoms with E-state index in [1.165, 1.54) is 6.33 Å². The summed E-state index contributed by atoms with van der Waals surface area (Å²) < 4.78 is 0.874. The SMILES string of the molecule is CC(CCN)Nc1ncncc1Br. The minimum absolute atomic E-state index is 0.330. The summed E-state index contributed by atoms with van der Waals surface area (Å²) in [7, 11) is 0. The Hall–Kier alpha value is -0.680. The zero-order chi connectivity index (χ0) is 9.68. The maximum atomic E-state index is 5.44. The summed E-state index contributed by atoms with van der Waals surface area (Å²) >= 11 is 3.36. The molecule has 0 saturated heterocycles. The number of hydrogen-bond acceptors (Lipinski definition) is 4. The lowest BCUT2D eigenvalue weighted by molar-refractivity contribution is 0.712. The van der Waals surface area contributed by atoms with Crippen molar-refractivity contribution in [3.63, 3.8) is 0 Å². The Morgan fingerprint density at radius 1 is 1.69 bits per heavy atom. The van der Waals surface area contributed by atoms with Gasteiger partial charge in [-0.2, -0.15) is 0 Å². The van der Waals surface area contributed by atoms with Gasteiger partial charge in [-0.1, -0.05) is 0 Å². The third kappa shape index (κ3) is 3.28. The number of hydrogen-bond donors (Lipinski definition) is 2. The van der Waals surface area contributed by atoms with Crippen LogP contribution in [0.3, 0.4) is 0 Å². The predicted octanol–water partition coefficient (Wildman–Crippen LogP) is 1.39. The van der Waals surface area contributed by atoms with Crippen LogP contribution in [0.5, 0.6) is 0 Å². The Labute approximate surface area is 86.1 Å². The fourth-order valence-corrected chi connectivity index (χ4v) is 1.31. The first-order valence-corrected chi connectivity index (χ1v) is 4.95. The van der Waals surface area contributed by atoms with Crippen molar-refractivity contribution in [3.8, 4) is 0 Å². The second kappa shape index (κ2) is 5.14. The second-order valence-corrected chi connectivity index (χ2v) is 3.70. The molecular formula is C8H13BrN4. The molecule has 0 aliphatic heterocycles. The quantitative estimate of drug-likeness (QED) is 0.841. The van der Waals surface area contributed by atoms with E-state index in [1.807, 2.05) is 0 Å². The molecule has 0 aromatic carbocycles. The Kier molecular flexibility index (Phi) is 4.11. The monoisotopic (exact) mass is 244 g/mol.